The van der Waals surface area contributed by atoms with E-state index in [2.05, 4.69) is 15.3 Å². The first-order valence-electron chi connectivity index (χ1n) is 12.1. The van der Waals surface area contributed by atoms with Crippen molar-refractivity contribution in [2.45, 2.75) is 13.0 Å². The molecule has 3 N–H and O–H groups in total. The third-order valence-corrected chi connectivity index (χ3v) is 7.09. The van der Waals surface area contributed by atoms with Crippen molar-refractivity contribution in [2.24, 2.45) is 5.73 Å². The van der Waals surface area contributed by atoms with E-state index < -0.39 is 5.91 Å². The number of imidazole rings is 2. The molecule has 3 aromatic heterocycles. The minimum Gasteiger partial charge on any atom is -0.370 e. The van der Waals surface area contributed by atoms with Crippen LogP contribution in [0.5, 0.6) is 0 Å². The summed E-state index contributed by atoms with van der Waals surface area (Å²) in [7, 11) is 1.69. The zero-order valence-electron chi connectivity index (χ0n) is 21.0. The lowest BCUT2D eigenvalue weighted by molar-refractivity contribution is -0.118. The van der Waals surface area contributed by atoms with Crippen LogP contribution in [0.4, 0.5) is 11.6 Å². The number of thiophene rings is 1. The molecule has 0 bridgehead atoms. The van der Waals surface area contributed by atoms with Crippen molar-refractivity contribution in [2.75, 3.05) is 17.3 Å². The van der Waals surface area contributed by atoms with Gasteiger partial charge in [0.2, 0.25) is 11.9 Å². The molecule has 3 amide bonds. The zero-order valence-corrected chi connectivity index (χ0v) is 21.8. The number of nitrogens with two attached hydrogens (primary N) is 1. The summed E-state index contributed by atoms with van der Waals surface area (Å²) in [6.45, 7) is 0.239. The van der Waals surface area contributed by atoms with E-state index in [9.17, 15) is 14.4 Å². The quantitative estimate of drug-likeness (QED) is 0.288. The fourth-order valence-electron chi connectivity index (χ4n) is 4.01. The standard InChI is InChI=1S/C28H25N7O3S/c1-33(27(38)19-5-3-2-4-6-19)20-7-9-23-22(17-20)31-28(35(23)15-12-25(29)36)32-26(37)24-10-8-21(39-24)11-14-34-16-13-30-18-34/h2-11,13-14,16-18H,12,15H2,1H3,(H2,29,36)(H,31,32,37)/b14-11+. The van der Waals surface area contributed by atoms with Crippen LogP contribution in [0.3, 0.4) is 0 Å². The van der Waals surface area contributed by atoms with Gasteiger partial charge in [-0.1, -0.05) is 18.2 Å². The van der Waals surface area contributed by atoms with Crippen molar-refractivity contribution in [3.63, 3.8) is 0 Å². The number of carbonyl (C=O) groups is 3. The Morgan fingerprint density at radius 1 is 1.10 bits per heavy atom. The monoisotopic (exact) mass is 539 g/mol. The summed E-state index contributed by atoms with van der Waals surface area (Å²) < 4.78 is 3.55. The Morgan fingerprint density at radius 3 is 2.67 bits per heavy atom. The van der Waals surface area contributed by atoms with Crippen molar-refractivity contribution in [1.29, 1.82) is 0 Å². The van der Waals surface area contributed by atoms with Crippen LogP contribution in [-0.4, -0.2) is 43.9 Å². The van der Waals surface area contributed by atoms with E-state index in [1.54, 1.807) is 63.9 Å². The van der Waals surface area contributed by atoms with Gasteiger partial charge in [-0.25, -0.2) is 9.97 Å². The van der Waals surface area contributed by atoms with Gasteiger partial charge in [0.05, 0.1) is 22.2 Å². The second-order valence-electron chi connectivity index (χ2n) is 8.69. The van der Waals surface area contributed by atoms with Crippen molar-refractivity contribution in [3.05, 3.63) is 94.7 Å². The Hall–Kier alpha value is -5.03. The summed E-state index contributed by atoms with van der Waals surface area (Å²) in [5, 5.41) is 2.87. The van der Waals surface area contributed by atoms with Gasteiger partial charge in [-0.05, 0) is 48.5 Å². The molecule has 3 heterocycles. The number of carbonyl (C=O) groups excluding carboxylic acids is 3. The van der Waals surface area contributed by atoms with Gasteiger partial charge < -0.3 is 19.8 Å². The number of aryl methyl sites for hydroxylation is 1. The van der Waals surface area contributed by atoms with Crippen molar-refractivity contribution in [1.82, 2.24) is 19.1 Å². The van der Waals surface area contributed by atoms with E-state index in [1.807, 2.05) is 48.8 Å². The lowest BCUT2D eigenvalue weighted by Crippen LogP contribution is -2.26. The Morgan fingerprint density at radius 2 is 1.92 bits per heavy atom. The number of fused-ring (bicyclic) bond motifs is 1. The number of nitrogens with zero attached hydrogens (tertiary/aromatic N) is 5. The van der Waals surface area contributed by atoms with Gasteiger partial charge in [0.15, 0.2) is 0 Å². The summed E-state index contributed by atoms with van der Waals surface area (Å²) in [4.78, 5) is 49.1. The summed E-state index contributed by atoms with van der Waals surface area (Å²) in [6.07, 6.45) is 8.99. The predicted octanol–water partition coefficient (Wildman–Crippen LogP) is 4.33. The molecular weight excluding hydrogens is 514 g/mol. The molecule has 5 aromatic rings. The third kappa shape index (κ3) is 5.78. The number of hydrogen-bond acceptors (Lipinski definition) is 6. The average Bonchev–Trinajstić information content (AvgIpc) is 3.70. The molecule has 0 aliphatic heterocycles. The molecule has 0 aliphatic rings. The number of hydrogen-bond donors (Lipinski definition) is 2. The highest BCUT2D eigenvalue weighted by Crippen LogP contribution is 2.27. The third-order valence-electron chi connectivity index (χ3n) is 6.04. The van der Waals surface area contributed by atoms with E-state index in [1.165, 1.54) is 11.3 Å². The molecule has 11 heteroatoms. The van der Waals surface area contributed by atoms with Crippen LogP contribution in [0.15, 0.2) is 79.4 Å². The average molecular weight is 540 g/mol. The first-order chi connectivity index (χ1) is 18.9. The van der Waals surface area contributed by atoms with Crippen LogP contribution >= 0.6 is 11.3 Å². The molecule has 0 fully saturated rings. The fourth-order valence-corrected chi connectivity index (χ4v) is 4.81. The van der Waals surface area contributed by atoms with Gasteiger partial charge in [-0.15, -0.1) is 11.3 Å². The highest BCUT2D eigenvalue weighted by atomic mass is 32.1. The maximum Gasteiger partial charge on any atom is 0.268 e. The molecule has 10 nitrogen and oxygen atoms in total. The normalized spacial score (nSPS) is 11.2. The lowest BCUT2D eigenvalue weighted by Gasteiger charge is -2.17. The Bertz CT molecular complexity index is 1670. The maximum absolute atomic E-state index is 13.1. The second kappa shape index (κ2) is 11.2. The molecule has 196 valence electrons. The lowest BCUT2D eigenvalue weighted by atomic mass is 10.2. The fraction of sp³-hybridized carbons (Fsp3) is 0.107. The molecule has 0 saturated carbocycles. The maximum atomic E-state index is 13.1. The molecule has 2 aromatic carbocycles. The SMILES string of the molecule is CN(C(=O)c1ccccc1)c1ccc2c(c1)nc(NC(=O)c1ccc(/C=C/n3ccnc3)s1)n2CCC(N)=O. The molecule has 39 heavy (non-hydrogen) atoms. The summed E-state index contributed by atoms with van der Waals surface area (Å²) in [5.74, 6) is -0.664. The summed E-state index contributed by atoms with van der Waals surface area (Å²) in [5.41, 5.74) is 7.87. The zero-order chi connectivity index (χ0) is 27.4. The number of aromatic nitrogens is 4. The molecule has 0 radical (unpaired) electrons. The van der Waals surface area contributed by atoms with Gasteiger partial charge in [0, 0.05) is 54.7 Å². The second-order valence-corrected chi connectivity index (χ2v) is 9.80. The highest BCUT2D eigenvalue weighted by molar-refractivity contribution is 7.15. The van der Waals surface area contributed by atoms with E-state index in [4.69, 9.17) is 5.73 Å². The Kier molecular flexibility index (Phi) is 7.32. The molecule has 0 spiro atoms. The van der Waals surface area contributed by atoms with Crippen LogP contribution in [0.1, 0.15) is 31.3 Å². The topological polar surface area (TPSA) is 128 Å². The van der Waals surface area contributed by atoms with Crippen molar-refractivity contribution >= 4 is 64.0 Å². The van der Waals surface area contributed by atoms with Crippen LogP contribution in [0.25, 0.3) is 23.3 Å². The van der Waals surface area contributed by atoms with Crippen molar-refractivity contribution in [3.8, 4) is 0 Å². The van der Waals surface area contributed by atoms with Gasteiger partial charge in [0.25, 0.3) is 11.8 Å². The Labute approximate surface area is 228 Å². The minimum absolute atomic E-state index is 0.0741. The molecule has 0 aliphatic carbocycles. The van der Waals surface area contributed by atoms with Gasteiger partial charge in [-0.3, -0.25) is 19.7 Å². The molecule has 0 unspecified atom stereocenters. The van der Waals surface area contributed by atoms with Gasteiger partial charge in [0.1, 0.15) is 0 Å². The van der Waals surface area contributed by atoms with Crippen LogP contribution < -0.4 is 16.0 Å². The largest absolute Gasteiger partial charge is 0.370 e. The first-order valence-corrected chi connectivity index (χ1v) is 12.9. The predicted molar refractivity (Wildman–Crippen MR) is 152 cm³/mol. The van der Waals surface area contributed by atoms with E-state index in [-0.39, 0.29) is 30.7 Å². The first kappa shape index (κ1) is 25.6. The van der Waals surface area contributed by atoms with E-state index in [0.29, 0.717) is 27.2 Å². The van der Waals surface area contributed by atoms with Crippen LogP contribution in [0.2, 0.25) is 0 Å². The summed E-state index contributed by atoms with van der Waals surface area (Å²) in [6, 6.07) is 18.0. The molecular formula is C28H25N7O3S. The highest BCUT2D eigenvalue weighted by Gasteiger charge is 2.19. The van der Waals surface area contributed by atoms with Crippen molar-refractivity contribution < 1.29 is 14.4 Å². The number of amides is 3. The molecule has 0 saturated heterocycles. The summed E-state index contributed by atoms with van der Waals surface area (Å²) >= 11 is 1.33. The van der Waals surface area contributed by atoms with Crippen LogP contribution in [0, 0.1) is 0 Å². The van der Waals surface area contributed by atoms with Gasteiger partial charge in [-0.2, -0.15) is 0 Å². The number of rotatable bonds is 9. The van der Waals surface area contributed by atoms with E-state index in [0.717, 1.165) is 4.88 Å². The number of primary amides is 1. The number of anilines is 2. The molecule has 5 rings (SSSR count). The molecule has 0 atom stereocenters. The Balaban J connectivity index is 1.40. The number of nitrogens with one attached hydrogen (secondary N) is 1. The number of benzene rings is 2. The minimum atomic E-state index is -0.466. The van der Waals surface area contributed by atoms with Gasteiger partial charge >= 0.3 is 0 Å². The van der Waals surface area contributed by atoms with E-state index >= 15 is 0 Å². The van der Waals surface area contributed by atoms with Crippen LogP contribution in [-0.2, 0) is 11.3 Å². The smallest absolute Gasteiger partial charge is 0.268 e.